The fourth-order valence-corrected chi connectivity index (χ4v) is 2.21. The number of halogens is 1. The van der Waals surface area contributed by atoms with Gasteiger partial charge in [-0.15, -0.1) is 0 Å². The minimum absolute atomic E-state index is 0.442. The van der Waals surface area contributed by atoms with Gasteiger partial charge < -0.3 is 15.8 Å². The topological polar surface area (TPSA) is 71.1 Å². The summed E-state index contributed by atoms with van der Waals surface area (Å²) in [4.78, 5) is 0. The summed E-state index contributed by atoms with van der Waals surface area (Å²) < 4.78 is 6.01. The van der Waals surface area contributed by atoms with E-state index in [0.29, 0.717) is 16.9 Å². The molecular formula is C14H12BrN3O. The quantitative estimate of drug-likeness (QED) is 0.847. The molecule has 2 aromatic carbocycles. The molecule has 4 nitrogen and oxygen atoms in total. The van der Waals surface area contributed by atoms with Gasteiger partial charge in [0.05, 0.1) is 28.5 Å². The Morgan fingerprint density at radius 1 is 1.32 bits per heavy atom. The van der Waals surface area contributed by atoms with Crippen molar-refractivity contribution in [2.45, 2.75) is 0 Å². The van der Waals surface area contributed by atoms with Crippen molar-refractivity contribution >= 4 is 33.0 Å². The Bertz CT molecular complexity index is 650. The largest absolute Gasteiger partial charge is 0.496 e. The van der Waals surface area contributed by atoms with Gasteiger partial charge in [0.1, 0.15) is 11.8 Å². The second-order valence-corrected chi connectivity index (χ2v) is 4.71. The Hall–Kier alpha value is -2.19. The predicted octanol–water partition coefficient (Wildman–Crippen LogP) is 3.66. The maximum atomic E-state index is 8.94. The van der Waals surface area contributed by atoms with Crippen LogP contribution >= 0.6 is 15.9 Å². The molecule has 2 aromatic rings. The van der Waals surface area contributed by atoms with Gasteiger partial charge in [-0.25, -0.2) is 0 Å². The highest BCUT2D eigenvalue weighted by atomic mass is 79.9. The van der Waals surface area contributed by atoms with E-state index in [1.54, 1.807) is 19.2 Å². The van der Waals surface area contributed by atoms with Gasteiger partial charge in [0.2, 0.25) is 0 Å². The molecule has 3 N–H and O–H groups in total. The molecule has 0 aliphatic rings. The van der Waals surface area contributed by atoms with E-state index in [1.165, 1.54) is 0 Å². The number of nitriles is 1. The number of para-hydroxylation sites is 1. The lowest BCUT2D eigenvalue weighted by atomic mass is 10.1. The molecule has 0 heterocycles. The number of anilines is 3. The maximum absolute atomic E-state index is 8.94. The number of methoxy groups -OCH3 is 1. The fraction of sp³-hybridized carbons (Fsp3) is 0.0714. The summed E-state index contributed by atoms with van der Waals surface area (Å²) in [6.07, 6.45) is 0. The Labute approximate surface area is 119 Å². The zero-order valence-electron chi connectivity index (χ0n) is 10.3. The van der Waals surface area contributed by atoms with E-state index in [-0.39, 0.29) is 0 Å². The molecule has 0 saturated carbocycles. The van der Waals surface area contributed by atoms with E-state index in [0.717, 1.165) is 15.9 Å². The second kappa shape index (κ2) is 5.63. The van der Waals surface area contributed by atoms with Crippen molar-refractivity contribution in [3.8, 4) is 11.8 Å². The molecule has 2 rings (SSSR count). The lowest BCUT2D eigenvalue weighted by molar-refractivity contribution is 0.412. The van der Waals surface area contributed by atoms with Crippen molar-refractivity contribution in [2.24, 2.45) is 0 Å². The van der Waals surface area contributed by atoms with Crippen LogP contribution in [0.1, 0.15) is 5.56 Å². The summed E-state index contributed by atoms with van der Waals surface area (Å²) in [6.45, 7) is 0. The zero-order chi connectivity index (χ0) is 13.8. The van der Waals surface area contributed by atoms with Gasteiger partial charge in [-0.05, 0) is 46.3 Å². The van der Waals surface area contributed by atoms with E-state index >= 15 is 0 Å². The van der Waals surface area contributed by atoms with Gasteiger partial charge >= 0.3 is 0 Å². The molecule has 0 radical (unpaired) electrons. The van der Waals surface area contributed by atoms with Crippen molar-refractivity contribution in [1.29, 1.82) is 5.26 Å². The Morgan fingerprint density at radius 2 is 2.11 bits per heavy atom. The van der Waals surface area contributed by atoms with E-state index in [9.17, 15) is 0 Å². The molecule has 0 amide bonds. The molecule has 0 aliphatic carbocycles. The number of benzene rings is 2. The van der Waals surface area contributed by atoms with Crippen molar-refractivity contribution in [1.82, 2.24) is 0 Å². The third-order valence-electron chi connectivity index (χ3n) is 2.66. The Balaban J connectivity index is 2.32. The standard InChI is InChI=1S/C14H12BrN3O/c1-19-13-6-5-10(7-11(13)15)18-12-4-2-3-9(8-16)14(12)17/h2-7,18H,17H2,1H3. The van der Waals surface area contributed by atoms with Gasteiger partial charge in [-0.3, -0.25) is 0 Å². The van der Waals surface area contributed by atoms with Gasteiger partial charge in [-0.2, -0.15) is 5.26 Å². The van der Waals surface area contributed by atoms with E-state index in [4.69, 9.17) is 15.7 Å². The van der Waals surface area contributed by atoms with Crippen LogP contribution in [0.2, 0.25) is 0 Å². The zero-order valence-corrected chi connectivity index (χ0v) is 11.9. The van der Waals surface area contributed by atoms with Crippen molar-refractivity contribution in [2.75, 3.05) is 18.2 Å². The smallest absolute Gasteiger partial charge is 0.133 e. The minimum atomic E-state index is 0.442. The molecule has 0 aliphatic heterocycles. The Kier molecular flexibility index (Phi) is 3.93. The number of nitrogen functional groups attached to an aromatic ring is 1. The molecule has 5 heteroatoms. The van der Waals surface area contributed by atoms with Gasteiger partial charge in [0, 0.05) is 5.69 Å². The lowest BCUT2D eigenvalue weighted by Crippen LogP contribution is -1.98. The fourth-order valence-electron chi connectivity index (χ4n) is 1.67. The lowest BCUT2D eigenvalue weighted by Gasteiger charge is -2.11. The summed E-state index contributed by atoms with van der Waals surface area (Å²) >= 11 is 3.42. The number of hydrogen-bond donors (Lipinski definition) is 2. The van der Waals surface area contributed by atoms with Crippen LogP contribution in [0.15, 0.2) is 40.9 Å². The summed E-state index contributed by atoms with van der Waals surface area (Å²) in [5.41, 5.74) is 8.37. The van der Waals surface area contributed by atoms with Crippen molar-refractivity contribution in [3.05, 3.63) is 46.4 Å². The minimum Gasteiger partial charge on any atom is -0.496 e. The highest BCUT2D eigenvalue weighted by molar-refractivity contribution is 9.10. The molecule has 0 bridgehead atoms. The van der Waals surface area contributed by atoms with Crippen molar-refractivity contribution in [3.63, 3.8) is 0 Å². The molecule has 96 valence electrons. The summed E-state index contributed by atoms with van der Waals surface area (Å²) in [5.74, 6) is 0.754. The van der Waals surface area contributed by atoms with Gasteiger partial charge in [-0.1, -0.05) is 6.07 Å². The summed E-state index contributed by atoms with van der Waals surface area (Å²) in [6, 6.07) is 13.0. The Morgan fingerprint density at radius 3 is 2.74 bits per heavy atom. The van der Waals surface area contributed by atoms with E-state index < -0.39 is 0 Å². The number of ether oxygens (including phenoxy) is 1. The summed E-state index contributed by atoms with van der Waals surface area (Å²) in [5, 5.41) is 12.1. The summed E-state index contributed by atoms with van der Waals surface area (Å²) in [7, 11) is 1.61. The first-order chi connectivity index (χ1) is 9.15. The number of rotatable bonds is 3. The molecule has 0 fully saturated rings. The first kappa shape index (κ1) is 13.2. The second-order valence-electron chi connectivity index (χ2n) is 3.85. The van der Waals surface area contributed by atoms with Crippen LogP contribution in [0.3, 0.4) is 0 Å². The average molecular weight is 318 g/mol. The number of hydrogen-bond acceptors (Lipinski definition) is 4. The van der Waals surface area contributed by atoms with Gasteiger partial charge in [0.25, 0.3) is 0 Å². The number of nitrogens with one attached hydrogen (secondary N) is 1. The predicted molar refractivity (Wildman–Crippen MR) is 79.5 cm³/mol. The molecule has 19 heavy (non-hydrogen) atoms. The van der Waals surface area contributed by atoms with Crippen LogP contribution in [-0.2, 0) is 0 Å². The first-order valence-electron chi connectivity index (χ1n) is 5.55. The first-order valence-corrected chi connectivity index (χ1v) is 6.34. The molecule has 0 saturated heterocycles. The van der Waals surface area contributed by atoms with Crippen LogP contribution in [0.5, 0.6) is 5.75 Å². The highest BCUT2D eigenvalue weighted by Crippen LogP contribution is 2.31. The van der Waals surface area contributed by atoms with E-state index in [2.05, 4.69) is 27.3 Å². The van der Waals surface area contributed by atoms with Crippen LogP contribution in [0.25, 0.3) is 0 Å². The SMILES string of the molecule is COc1ccc(Nc2cccc(C#N)c2N)cc1Br. The molecule has 0 aromatic heterocycles. The van der Waals surface area contributed by atoms with Crippen LogP contribution < -0.4 is 15.8 Å². The monoisotopic (exact) mass is 317 g/mol. The molecule has 0 atom stereocenters. The third kappa shape index (κ3) is 2.80. The number of nitrogens with two attached hydrogens (primary N) is 1. The molecular weight excluding hydrogens is 306 g/mol. The third-order valence-corrected chi connectivity index (χ3v) is 3.28. The van der Waals surface area contributed by atoms with Crippen molar-refractivity contribution < 1.29 is 4.74 Å². The van der Waals surface area contributed by atoms with Crippen LogP contribution in [0, 0.1) is 11.3 Å². The van der Waals surface area contributed by atoms with E-state index in [1.807, 2.05) is 24.3 Å². The highest BCUT2D eigenvalue weighted by Gasteiger charge is 2.06. The molecule has 0 spiro atoms. The van der Waals surface area contributed by atoms with Crippen LogP contribution in [0.4, 0.5) is 17.1 Å². The normalized spacial score (nSPS) is 9.74. The van der Waals surface area contributed by atoms with Crippen LogP contribution in [-0.4, -0.2) is 7.11 Å². The maximum Gasteiger partial charge on any atom is 0.133 e. The molecule has 0 unspecified atom stereocenters. The average Bonchev–Trinajstić information content (AvgIpc) is 2.41. The number of nitrogens with zero attached hydrogens (tertiary/aromatic N) is 1. The van der Waals surface area contributed by atoms with Gasteiger partial charge in [0.15, 0.2) is 0 Å².